The fraction of sp³-hybridized carbons (Fsp3) is 0.632. The summed E-state index contributed by atoms with van der Waals surface area (Å²) in [6.07, 6.45) is 3.17. The lowest BCUT2D eigenvalue weighted by molar-refractivity contribution is -0.146. The smallest absolute Gasteiger partial charge is 0.230 e. The fourth-order valence-corrected chi connectivity index (χ4v) is 4.02. The van der Waals surface area contributed by atoms with Gasteiger partial charge in [-0.05, 0) is 57.4 Å². The third-order valence-electron chi connectivity index (χ3n) is 5.45. The molecule has 1 aromatic rings. The summed E-state index contributed by atoms with van der Waals surface area (Å²) < 4.78 is 5.29. The zero-order valence-electron chi connectivity index (χ0n) is 14.5. The van der Waals surface area contributed by atoms with E-state index >= 15 is 0 Å². The van der Waals surface area contributed by atoms with E-state index in [9.17, 15) is 4.79 Å². The first kappa shape index (κ1) is 16.3. The minimum atomic E-state index is -0.138. The van der Waals surface area contributed by atoms with Gasteiger partial charge in [-0.2, -0.15) is 0 Å². The SMILES string of the molecule is COc1cccc(CN2CCC[C@@]3(CCN(C(C)C)C3)C2=O)c1. The maximum atomic E-state index is 13.1. The Morgan fingerprint density at radius 3 is 2.78 bits per heavy atom. The molecule has 1 atom stereocenters. The number of hydrogen-bond acceptors (Lipinski definition) is 3. The van der Waals surface area contributed by atoms with Crippen molar-refractivity contribution in [2.45, 2.75) is 45.7 Å². The Bertz CT molecular complexity index is 572. The standard InChI is InChI=1S/C19H28N2O2/c1-15(2)21-11-9-19(14-21)8-5-10-20(18(19)22)13-16-6-4-7-17(12-16)23-3/h4,6-7,12,15H,5,8-11,13-14H2,1-3H3/t19-/m0/s1. The third kappa shape index (κ3) is 3.23. The number of ether oxygens (including phenoxy) is 1. The van der Waals surface area contributed by atoms with Crippen LogP contribution in [0.1, 0.15) is 38.7 Å². The lowest BCUT2D eigenvalue weighted by Crippen LogP contribution is -2.50. The molecule has 126 valence electrons. The molecule has 0 saturated carbocycles. The molecule has 0 N–H and O–H groups in total. The van der Waals surface area contributed by atoms with Gasteiger partial charge in [-0.15, -0.1) is 0 Å². The van der Waals surface area contributed by atoms with Gasteiger partial charge in [0.2, 0.25) is 5.91 Å². The molecule has 2 saturated heterocycles. The number of rotatable bonds is 4. The van der Waals surface area contributed by atoms with Crippen molar-refractivity contribution < 1.29 is 9.53 Å². The van der Waals surface area contributed by atoms with E-state index in [2.05, 4.69) is 29.7 Å². The van der Waals surface area contributed by atoms with Crippen LogP contribution in [0.5, 0.6) is 5.75 Å². The van der Waals surface area contributed by atoms with E-state index < -0.39 is 0 Å². The molecule has 0 unspecified atom stereocenters. The van der Waals surface area contributed by atoms with Crippen molar-refractivity contribution in [2.24, 2.45) is 5.41 Å². The highest BCUT2D eigenvalue weighted by molar-refractivity contribution is 5.84. The van der Waals surface area contributed by atoms with Crippen molar-refractivity contribution in [3.05, 3.63) is 29.8 Å². The van der Waals surface area contributed by atoms with Gasteiger partial charge >= 0.3 is 0 Å². The molecule has 0 aromatic heterocycles. The second kappa shape index (κ2) is 6.52. The molecule has 1 spiro atoms. The highest BCUT2D eigenvalue weighted by Gasteiger charge is 2.48. The summed E-state index contributed by atoms with van der Waals surface area (Å²) in [6.45, 7) is 7.99. The van der Waals surface area contributed by atoms with E-state index in [-0.39, 0.29) is 5.41 Å². The van der Waals surface area contributed by atoms with Crippen LogP contribution in [0.25, 0.3) is 0 Å². The van der Waals surface area contributed by atoms with Crippen LogP contribution in [0, 0.1) is 5.41 Å². The molecule has 0 radical (unpaired) electrons. The molecule has 1 aromatic carbocycles. The number of nitrogens with zero attached hydrogens (tertiary/aromatic N) is 2. The van der Waals surface area contributed by atoms with Crippen LogP contribution in [-0.2, 0) is 11.3 Å². The summed E-state index contributed by atoms with van der Waals surface area (Å²) in [5.41, 5.74) is 1.01. The topological polar surface area (TPSA) is 32.8 Å². The van der Waals surface area contributed by atoms with Crippen molar-refractivity contribution in [1.29, 1.82) is 0 Å². The Labute approximate surface area is 139 Å². The van der Waals surface area contributed by atoms with Gasteiger partial charge < -0.3 is 9.64 Å². The molecule has 2 aliphatic rings. The van der Waals surface area contributed by atoms with Crippen molar-refractivity contribution >= 4 is 5.91 Å². The van der Waals surface area contributed by atoms with Crippen molar-refractivity contribution in [3.8, 4) is 5.75 Å². The van der Waals surface area contributed by atoms with E-state index in [1.54, 1.807) is 7.11 Å². The number of methoxy groups -OCH3 is 1. The Morgan fingerprint density at radius 1 is 1.26 bits per heavy atom. The minimum Gasteiger partial charge on any atom is -0.497 e. The lowest BCUT2D eigenvalue weighted by Gasteiger charge is -2.39. The van der Waals surface area contributed by atoms with Crippen molar-refractivity contribution in [3.63, 3.8) is 0 Å². The van der Waals surface area contributed by atoms with Crippen molar-refractivity contribution in [2.75, 3.05) is 26.7 Å². The molecule has 3 rings (SSSR count). The second-order valence-electron chi connectivity index (χ2n) is 7.28. The molecule has 2 aliphatic heterocycles. The summed E-state index contributed by atoms with van der Waals surface area (Å²) in [4.78, 5) is 17.7. The van der Waals surface area contributed by atoms with Gasteiger partial charge in [0.1, 0.15) is 5.75 Å². The maximum absolute atomic E-state index is 13.1. The first-order valence-electron chi connectivity index (χ1n) is 8.70. The molecular formula is C19H28N2O2. The fourth-order valence-electron chi connectivity index (χ4n) is 4.02. The number of hydrogen-bond donors (Lipinski definition) is 0. The summed E-state index contributed by atoms with van der Waals surface area (Å²) >= 11 is 0. The zero-order valence-corrected chi connectivity index (χ0v) is 14.5. The molecule has 4 nitrogen and oxygen atoms in total. The van der Waals surface area contributed by atoms with Crippen LogP contribution in [0.4, 0.5) is 0 Å². The van der Waals surface area contributed by atoms with E-state index in [1.165, 1.54) is 0 Å². The number of benzene rings is 1. The van der Waals surface area contributed by atoms with Gasteiger partial charge in [0.05, 0.1) is 12.5 Å². The van der Waals surface area contributed by atoms with Crippen LogP contribution in [-0.4, -0.2) is 48.5 Å². The maximum Gasteiger partial charge on any atom is 0.230 e. The van der Waals surface area contributed by atoms with E-state index in [4.69, 9.17) is 4.74 Å². The second-order valence-corrected chi connectivity index (χ2v) is 7.28. The van der Waals surface area contributed by atoms with Gasteiger partial charge in [-0.1, -0.05) is 12.1 Å². The molecule has 0 bridgehead atoms. The predicted octanol–water partition coefficient (Wildman–Crippen LogP) is 2.92. The summed E-state index contributed by atoms with van der Waals surface area (Å²) in [5.74, 6) is 1.21. The van der Waals surface area contributed by atoms with E-state index in [1.807, 2.05) is 18.2 Å². The van der Waals surface area contributed by atoms with Gasteiger partial charge in [0, 0.05) is 25.7 Å². The normalized spacial score (nSPS) is 25.6. The van der Waals surface area contributed by atoms with Gasteiger partial charge in [-0.3, -0.25) is 9.69 Å². The average molecular weight is 316 g/mol. The predicted molar refractivity (Wildman–Crippen MR) is 91.4 cm³/mol. The summed E-state index contributed by atoms with van der Waals surface area (Å²) in [7, 11) is 1.68. The first-order valence-corrected chi connectivity index (χ1v) is 8.70. The molecule has 0 aliphatic carbocycles. The summed E-state index contributed by atoms with van der Waals surface area (Å²) in [6, 6.07) is 8.57. The monoisotopic (exact) mass is 316 g/mol. The van der Waals surface area contributed by atoms with E-state index in [0.717, 1.165) is 50.2 Å². The van der Waals surface area contributed by atoms with Gasteiger partial charge in [0.15, 0.2) is 0 Å². The number of carbonyl (C=O) groups excluding carboxylic acids is 1. The average Bonchev–Trinajstić information content (AvgIpc) is 2.98. The van der Waals surface area contributed by atoms with Gasteiger partial charge in [-0.25, -0.2) is 0 Å². The Balaban J connectivity index is 1.73. The highest BCUT2D eigenvalue weighted by Crippen LogP contribution is 2.41. The first-order chi connectivity index (χ1) is 11.0. The third-order valence-corrected chi connectivity index (χ3v) is 5.45. The molecule has 23 heavy (non-hydrogen) atoms. The lowest BCUT2D eigenvalue weighted by atomic mass is 9.78. The Morgan fingerprint density at radius 2 is 2.09 bits per heavy atom. The quantitative estimate of drug-likeness (QED) is 0.856. The molecular weight excluding hydrogens is 288 g/mol. The largest absolute Gasteiger partial charge is 0.497 e. The number of carbonyl (C=O) groups is 1. The van der Waals surface area contributed by atoms with Gasteiger partial charge in [0.25, 0.3) is 0 Å². The number of piperidine rings is 1. The Kier molecular flexibility index (Phi) is 4.62. The molecule has 1 amide bonds. The highest BCUT2D eigenvalue weighted by atomic mass is 16.5. The molecule has 2 heterocycles. The number of amides is 1. The van der Waals surface area contributed by atoms with Crippen LogP contribution in [0.2, 0.25) is 0 Å². The van der Waals surface area contributed by atoms with Crippen LogP contribution in [0.15, 0.2) is 24.3 Å². The minimum absolute atomic E-state index is 0.138. The molecule has 2 fully saturated rings. The Hall–Kier alpha value is -1.55. The summed E-state index contributed by atoms with van der Waals surface area (Å²) in [5, 5.41) is 0. The molecule has 4 heteroatoms. The van der Waals surface area contributed by atoms with Crippen LogP contribution in [0.3, 0.4) is 0 Å². The number of likely N-dealkylation sites (tertiary alicyclic amines) is 2. The van der Waals surface area contributed by atoms with Crippen LogP contribution < -0.4 is 4.74 Å². The van der Waals surface area contributed by atoms with Crippen molar-refractivity contribution in [1.82, 2.24) is 9.80 Å². The zero-order chi connectivity index (χ0) is 16.4. The van der Waals surface area contributed by atoms with E-state index in [0.29, 0.717) is 18.5 Å². The van der Waals surface area contributed by atoms with Crippen LogP contribution >= 0.6 is 0 Å².